The summed E-state index contributed by atoms with van der Waals surface area (Å²) in [4.78, 5) is 27.1. The summed E-state index contributed by atoms with van der Waals surface area (Å²) in [6, 6.07) is 0. The van der Waals surface area contributed by atoms with Gasteiger partial charge in [0.2, 0.25) is 0 Å². The number of esters is 1. The van der Waals surface area contributed by atoms with Crippen molar-refractivity contribution in [2.24, 2.45) is 29.6 Å². The normalized spacial score (nSPS) is 18.1. The van der Waals surface area contributed by atoms with Crippen LogP contribution in [0.25, 0.3) is 6.08 Å². The predicted octanol–water partition coefficient (Wildman–Crippen LogP) is 7.28. The summed E-state index contributed by atoms with van der Waals surface area (Å²) in [6.07, 6.45) is 11.2. The lowest BCUT2D eigenvalue weighted by Crippen LogP contribution is -2.26. The summed E-state index contributed by atoms with van der Waals surface area (Å²) in [5, 5.41) is 3.04. The summed E-state index contributed by atoms with van der Waals surface area (Å²) >= 11 is 1.62. The van der Waals surface area contributed by atoms with E-state index < -0.39 is 0 Å². The van der Waals surface area contributed by atoms with Crippen LogP contribution in [0.1, 0.15) is 84.9 Å². The van der Waals surface area contributed by atoms with Gasteiger partial charge in [-0.25, -0.2) is 4.98 Å². The van der Waals surface area contributed by atoms with Crippen LogP contribution in [0.4, 0.5) is 0 Å². The van der Waals surface area contributed by atoms with E-state index in [0.29, 0.717) is 30.1 Å². The van der Waals surface area contributed by atoms with Crippen molar-refractivity contribution in [1.29, 1.82) is 0 Å². The van der Waals surface area contributed by atoms with Crippen molar-refractivity contribution in [3.63, 3.8) is 0 Å². The van der Waals surface area contributed by atoms with Gasteiger partial charge < -0.3 is 9.53 Å². The third-order valence-corrected chi connectivity index (χ3v) is 7.77. The number of carbonyl (C=O) groups excluding carboxylic acids is 2. The zero-order valence-corrected chi connectivity index (χ0v) is 22.1. The SMILES string of the molecule is CC(=O)O[C@@H](C/C=C\CCC[C@H](C)[C@H](C)[C@@H](C)[C@@H](C)[C@H](C)C=O)/C(C)=C/c1csc(C)n1. The Morgan fingerprint density at radius 3 is 2.34 bits per heavy atom. The quantitative estimate of drug-likeness (QED) is 0.126. The van der Waals surface area contributed by atoms with Crippen LogP contribution in [-0.2, 0) is 14.3 Å². The van der Waals surface area contributed by atoms with E-state index in [1.165, 1.54) is 13.3 Å². The maximum Gasteiger partial charge on any atom is 0.303 e. The summed E-state index contributed by atoms with van der Waals surface area (Å²) in [5.74, 6) is 2.01. The van der Waals surface area contributed by atoms with Gasteiger partial charge in [0.1, 0.15) is 12.4 Å². The average molecular weight is 462 g/mol. The number of ether oxygens (including phenoxy) is 1. The first-order chi connectivity index (χ1) is 15.1. The molecule has 0 radical (unpaired) electrons. The number of nitrogens with zero attached hydrogens (tertiary/aromatic N) is 1. The van der Waals surface area contributed by atoms with Crippen molar-refractivity contribution in [1.82, 2.24) is 4.98 Å². The molecule has 32 heavy (non-hydrogen) atoms. The predicted molar refractivity (Wildman–Crippen MR) is 136 cm³/mol. The monoisotopic (exact) mass is 461 g/mol. The second-order valence-electron chi connectivity index (χ2n) is 9.47. The molecule has 6 atom stereocenters. The number of aromatic nitrogens is 1. The van der Waals surface area contributed by atoms with Crippen LogP contribution in [0.2, 0.25) is 0 Å². The molecule has 0 saturated heterocycles. The van der Waals surface area contributed by atoms with Crippen molar-refractivity contribution in [2.45, 2.75) is 87.2 Å². The Labute approximate surface area is 199 Å². The lowest BCUT2D eigenvalue weighted by Gasteiger charge is -2.32. The molecule has 0 spiro atoms. The zero-order chi connectivity index (χ0) is 24.3. The van der Waals surface area contributed by atoms with Gasteiger partial charge in [0.05, 0.1) is 10.7 Å². The molecule has 0 fully saturated rings. The van der Waals surface area contributed by atoms with Gasteiger partial charge in [-0.1, -0.05) is 53.2 Å². The highest BCUT2D eigenvalue weighted by molar-refractivity contribution is 7.09. The minimum Gasteiger partial charge on any atom is -0.458 e. The van der Waals surface area contributed by atoms with Gasteiger partial charge in [0.15, 0.2) is 0 Å². The molecule has 1 aromatic rings. The van der Waals surface area contributed by atoms with Crippen LogP contribution < -0.4 is 0 Å². The molecule has 0 bridgehead atoms. The number of hydrogen-bond donors (Lipinski definition) is 0. The molecule has 0 unspecified atom stereocenters. The molecule has 0 aliphatic rings. The molecule has 5 heteroatoms. The van der Waals surface area contributed by atoms with Crippen LogP contribution in [0.3, 0.4) is 0 Å². The summed E-state index contributed by atoms with van der Waals surface area (Å²) < 4.78 is 5.54. The largest absolute Gasteiger partial charge is 0.458 e. The van der Waals surface area contributed by atoms with E-state index in [-0.39, 0.29) is 18.0 Å². The molecule has 1 heterocycles. The van der Waals surface area contributed by atoms with E-state index in [1.807, 2.05) is 32.2 Å². The van der Waals surface area contributed by atoms with Gasteiger partial charge in [-0.05, 0) is 62.0 Å². The standard InChI is InChI=1S/C27H43NO3S/c1-18(21(4)23(6)22(5)20(3)16-29)13-11-9-10-12-14-27(31-25(8)30)19(2)15-26-17-32-24(7)28-26/h10,12,15-18,20-23,27H,9,11,13-14H2,1-8H3/b12-10-,19-15+/t18-,20+,21-,22-,23+,27-/m0/s1. The molecule has 0 aliphatic carbocycles. The number of unbranched alkanes of at least 4 members (excludes halogenated alkanes) is 1. The maximum absolute atomic E-state index is 11.5. The van der Waals surface area contributed by atoms with Gasteiger partial charge in [0.25, 0.3) is 0 Å². The summed E-state index contributed by atoms with van der Waals surface area (Å²) in [5.41, 5.74) is 1.92. The zero-order valence-electron chi connectivity index (χ0n) is 21.3. The van der Waals surface area contributed by atoms with E-state index in [2.05, 4.69) is 44.8 Å². The van der Waals surface area contributed by atoms with Crippen molar-refractivity contribution in [3.05, 3.63) is 33.8 Å². The van der Waals surface area contributed by atoms with Gasteiger partial charge in [-0.2, -0.15) is 0 Å². The van der Waals surface area contributed by atoms with Gasteiger partial charge >= 0.3 is 5.97 Å². The topological polar surface area (TPSA) is 56.3 Å². The van der Waals surface area contributed by atoms with Crippen molar-refractivity contribution in [2.75, 3.05) is 0 Å². The highest BCUT2D eigenvalue weighted by Gasteiger charge is 2.26. The highest BCUT2D eigenvalue weighted by Crippen LogP contribution is 2.32. The molecule has 0 saturated carbocycles. The third-order valence-electron chi connectivity index (χ3n) is 6.98. The summed E-state index contributed by atoms with van der Waals surface area (Å²) in [6.45, 7) is 16.6. The lowest BCUT2D eigenvalue weighted by atomic mass is 9.73. The number of hydrogen-bond acceptors (Lipinski definition) is 5. The Morgan fingerprint density at radius 1 is 1.09 bits per heavy atom. The molecule has 0 amide bonds. The van der Waals surface area contributed by atoms with E-state index >= 15 is 0 Å². The summed E-state index contributed by atoms with van der Waals surface area (Å²) in [7, 11) is 0. The minimum atomic E-state index is -0.263. The highest BCUT2D eigenvalue weighted by atomic mass is 32.1. The van der Waals surface area contributed by atoms with Gasteiger partial charge in [-0.15, -0.1) is 11.3 Å². The second-order valence-corrected chi connectivity index (χ2v) is 10.5. The molecule has 1 aromatic heterocycles. The molecule has 0 aromatic carbocycles. The first kappa shape index (κ1) is 28.3. The van der Waals surface area contributed by atoms with E-state index in [0.717, 1.165) is 35.4 Å². The van der Waals surface area contributed by atoms with Crippen molar-refractivity contribution >= 4 is 29.7 Å². The third kappa shape index (κ3) is 9.81. The maximum atomic E-state index is 11.5. The Balaban J connectivity index is 2.51. The number of allylic oxidation sites excluding steroid dienone is 1. The van der Waals surface area contributed by atoms with E-state index in [1.54, 1.807) is 11.3 Å². The smallest absolute Gasteiger partial charge is 0.303 e. The first-order valence-corrected chi connectivity index (χ1v) is 12.8. The Hall–Kier alpha value is -1.75. The van der Waals surface area contributed by atoms with Crippen LogP contribution in [0, 0.1) is 36.5 Å². The van der Waals surface area contributed by atoms with E-state index in [4.69, 9.17) is 4.74 Å². The molecule has 1 rings (SSSR count). The van der Waals surface area contributed by atoms with Crippen molar-refractivity contribution < 1.29 is 14.3 Å². The molecule has 0 aliphatic heterocycles. The van der Waals surface area contributed by atoms with Gasteiger partial charge in [-0.3, -0.25) is 4.79 Å². The fourth-order valence-electron chi connectivity index (χ4n) is 4.06. The second kappa shape index (κ2) is 14.4. The van der Waals surface area contributed by atoms with Crippen LogP contribution in [-0.4, -0.2) is 23.3 Å². The molecule has 180 valence electrons. The van der Waals surface area contributed by atoms with Crippen molar-refractivity contribution in [3.8, 4) is 0 Å². The molecular weight excluding hydrogens is 418 g/mol. The Morgan fingerprint density at radius 2 is 1.78 bits per heavy atom. The Kier molecular flexibility index (Phi) is 12.7. The fourth-order valence-corrected chi connectivity index (χ4v) is 4.63. The van der Waals surface area contributed by atoms with Crippen LogP contribution in [0.15, 0.2) is 23.1 Å². The van der Waals surface area contributed by atoms with E-state index in [9.17, 15) is 9.59 Å². The first-order valence-electron chi connectivity index (χ1n) is 11.9. The van der Waals surface area contributed by atoms with Crippen LogP contribution in [0.5, 0.6) is 0 Å². The average Bonchev–Trinajstić information content (AvgIpc) is 3.16. The number of rotatable bonds is 14. The minimum absolute atomic E-state index is 0.116. The fraction of sp³-hybridized carbons (Fsp3) is 0.667. The van der Waals surface area contributed by atoms with Gasteiger partial charge in [0, 0.05) is 24.6 Å². The number of thiazole rings is 1. The Bertz CT molecular complexity index is 767. The number of carbonyl (C=O) groups is 2. The molecular formula is C27H43NO3S. The number of aryl methyl sites for hydroxylation is 1. The molecule has 0 N–H and O–H groups in total. The number of aldehydes is 1. The van der Waals surface area contributed by atoms with Crippen LogP contribution >= 0.6 is 11.3 Å². The lowest BCUT2D eigenvalue weighted by molar-refractivity contribution is -0.144. The molecule has 4 nitrogen and oxygen atoms in total.